The third-order valence-corrected chi connectivity index (χ3v) is 5.65. The molecule has 160 valence electrons. The maximum absolute atomic E-state index is 12.3. The van der Waals surface area contributed by atoms with Crippen LogP contribution in [0, 0.1) is 11.8 Å². The van der Waals surface area contributed by atoms with Crippen LogP contribution in [0.25, 0.3) is 0 Å². The van der Waals surface area contributed by atoms with Crippen LogP contribution in [-0.4, -0.2) is 31.3 Å². The van der Waals surface area contributed by atoms with Gasteiger partial charge in [0.15, 0.2) is 0 Å². The van der Waals surface area contributed by atoms with Crippen LogP contribution in [0.1, 0.15) is 49.1 Å². The summed E-state index contributed by atoms with van der Waals surface area (Å²) in [6.07, 6.45) is 3.29. The van der Waals surface area contributed by atoms with Crippen molar-refractivity contribution in [1.29, 1.82) is 0 Å². The van der Waals surface area contributed by atoms with E-state index >= 15 is 0 Å². The fourth-order valence-corrected chi connectivity index (χ4v) is 3.74. The third kappa shape index (κ3) is 7.57. The molecule has 1 amide bonds. The van der Waals surface area contributed by atoms with E-state index in [4.69, 9.17) is 4.74 Å². The zero-order valence-electron chi connectivity index (χ0n) is 17.8. The number of methoxy groups -OCH3 is 1. The van der Waals surface area contributed by atoms with Gasteiger partial charge in [0.25, 0.3) is 0 Å². The van der Waals surface area contributed by atoms with Gasteiger partial charge in [-0.1, -0.05) is 42.2 Å². The standard InChI is InChI=1S/C24H29NO4S/c1-4-29-22(26)24(2,25-23(27)28-3)16-15-21-17-20(18-30-21)14-10-6-9-13-19-11-7-5-8-12-19/h5,7-8,11-12,17-18H,4,6,9,13,15-16H2,1-3H3,(H,25,27). The Kier molecular flexibility index (Phi) is 9.43. The average Bonchev–Trinajstić information content (AvgIpc) is 3.20. The number of amides is 1. The summed E-state index contributed by atoms with van der Waals surface area (Å²) in [7, 11) is 1.27. The van der Waals surface area contributed by atoms with Crippen LogP contribution in [0.4, 0.5) is 4.79 Å². The number of alkyl carbamates (subject to hydrolysis) is 1. The van der Waals surface area contributed by atoms with Crippen molar-refractivity contribution < 1.29 is 19.1 Å². The van der Waals surface area contributed by atoms with Crippen molar-refractivity contribution in [3.05, 3.63) is 57.8 Å². The molecule has 1 atom stereocenters. The minimum Gasteiger partial charge on any atom is -0.464 e. The highest BCUT2D eigenvalue weighted by Gasteiger charge is 2.36. The highest BCUT2D eigenvalue weighted by Crippen LogP contribution is 2.21. The molecule has 2 aromatic rings. The zero-order valence-corrected chi connectivity index (χ0v) is 18.6. The fourth-order valence-electron chi connectivity index (χ4n) is 2.92. The molecule has 1 aromatic carbocycles. The lowest BCUT2D eigenvalue weighted by Gasteiger charge is -2.27. The van der Waals surface area contributed by atoms with Gasteiger partial charge in [-0.15, -0.1) is 11.3 Å². The minimum atomic E-state index is -1.14. The first kappa shape index (κ1) is 23.5. The number of rotatable bonds is 9. The SMILES string of the molecule is CCOC(=O)C(C)(CCc1cc(C#CCCCc2ccccc2)cs1)NC(=O)OC. The molecule has 1 unspecified atom stereocenters. The lowest BCUT2D eigenvalue weighted by atomic mass is 9.95. The van der Waals surface area contributed by atoms with E-state index in [1.807, 2.05) is 17.5 Å². The summed E-state index contributed by atoms with van der Waals surface area (Å²) in [4.78, 5) is 25.1. The Morgan fingerprint density at radius 3 is 2.67 bits per heavy atom. The van der Waals surface area contributed by atoms with Crippen molar-refractivity contribution in [2.24, 2.45) is 0 Å². The summed E-state index contributed by atoms with van der Waals surface area (Å²) in [5.74, 6) is 5.98. The number of hydrogen-bond acceptors (Lipinski definition) is 5. The highest BCUT2D eigenvalue weighted by atomic mass is 32.1. The summed E-state index contributed by atoms with van der Waals surface area (Å²) < 4.78 is 9.78. The van der Waals surface area contributed by atoms with Crippen LogP contribution in [-0.2, 0) is 27.1 Å². The Hall–Kier alpha value is -2.78. The molecule has 2 rings (SSSR count). The molecule has 5 nitrogen and oxygen atoms in total. The van der Waals surface area contributed by atoms with E-state index in [2.05, 4.69) is 46.2 Å². The maximum Gasteiger partial charge on any atom is 0.407 e. The van der Waals surface area contributed by atoms with Crippen LogP contribution in [0.2, 0.25) is 0 Å². The smallest absolute Gasteiger partial charge is 0.407 e. The van der Waals surface area contributed by atoms with Crippen molar-refractivity contribution in [2.45, 2.75) is 51.5 Å². The topological polar surface area (TPSA) is 64.6 Å². The van der Waals surface area contributed by atoms with Gasteiger partial charge in [-0.3, -0.25) is 0 Å². The lowest BCUT2D eigenvalue weighted by Crippen LogP contribution is -2.53. The maximum atomic E-state index is 12.3. The summed E-state index contributed by atoms with van der Waals surface area (Å²) >= 11 is 1.60. The number of hydrogen-bond donors (Lipinski definition) is 1. The van der Waals surface area contributed by atoms with Crippen molar-refractivity contribution in [1.82, 2.24) is 5.32 Å². The molecule has 30 heavy (non-hydrogen) atoms. The van der Waals surface area contributed by atoms with Crippen LogP contribution in [0.3, 0.4) is 0 Å². The van der Waals surface area contributed by atoms with Gasteiger partial charge in [0.05, 0.1) is 13.7 Å². The van der Waals surface area contributed by atoms with Gasteiger partial charge in [0.1, 0.15) is 5.54 Å². The molecule has 0 aliphatic rings. The van der Waals surface area contributed by atoms with E-state index in [1.54, 1.807) is 25.2 Å². The average molecular weight is 428 g/mol. The molecule has 0 aliphatic carbocycles. The molecule has 0 fully saturated rings. The van der Waals surface area contributed by atoms with Crippen molar-refractivity contribution in [2.75, 3.05) is 13.7 Å². The quantitative estimate of drug-likeness (QED) is 0.357. The molecule has 1 N–H and O–H groups in total. The fraction of sp³-hybridized carbons (Fsp3) is 0.417. The van der Waals surface area contributed by atoms with Crippen LogP contribution < -0.4 is 5.32 Å². The van der Waals surface area contributed by atoms with E-state index in [0.717, 1.165) is 29.7 Å². The Labute approximate surface area is 182 Å². The Morgan fingerprint density at radius 1 is 1.20 bits per heavy atom. The summed E-state index contributed by atoms with van der Waals surface area (Å²) in [5, 5.41) is 4.63. The molecular weight excluding hydrogens is 398 g/mol. The number of aryl methyl sites for hydroxylation is 2. The number of esters is 1. The Balaban J connectivity index is 1.87. The second-order valence-corrected chi connectivity index (χ2v) is 8.11. The van der Waals surface area contributed by atoms with E-state index in [9.17, 15) is 9.59 Å². The first-order valence-electron chi connectivity index (χ1n) is 10.1. The third-order valence-electron chi connectivity index (χ3n) is 4.66. The van der Waals surface area contributed by atoms with Gasteiger partial charge in [0, 0.05) is 22.2 Å². The van der Waals surface area contributed by atoms with Gasteiger partial charge in [-0.2, -0.15) is 0 Å². The lowest BCUT2D eigenvalue weighted by molar-refractivity contribution is -0.150. The summed E-state index contributed by atoms with van der Waals surface area (Å²) in [6.45, 7) is 3.64. The molecule has 0 saturated carbocycles. The summed E-state index contributed by atoms with van der Waals surface area (Å²) in [5.41, 5.74) is 1.17. The van der Waals surface area contributed by atoms with Gasteiger partial charge < -0.3 is 14.8 Å². The highest BCUT2D eigenvalue weighted by molar-refractivity contribution is 7.10. The Morgan fingerprint density at radius 2 is 1.97 bits per heavy atom. The number of unbranched alkanes of at least 4 members (excludes halogenated alkanes) is 1. The molecule has 0 radical (unpaired) electrons. The molecule has 0 saturated heterocycles. The van der Waals surface area contributed by atoms with E-state index in [-0.39, 0.29) is 6.61 Å². The first-order chi connectivity index (χ1) is 14.5. The number of carbonyl (C=O) groups excluding carboxylic acids is 2. The molecule has 1 aromatic heterocycles. The van der Waals surface area contributed by atoms with E-state index in [0.29, 0.717) is 12.8 Å². The van der Waals surface area contributed by atoms with E-state index in [1.165, 1.54) is 12.7 Å². The van der Waals surface area contributed by atoms with Gasteiger partial charge in [-0.25, -0.2) is 9.59 Å². The first-order valence-corrected chi connectivity index (χ1v) is 11.0. The minimum absolute atomic E-state index is 0.250. The number of thiophene rings is 1. The monoisotopic (exact) mass is 427 g/mol. The van der Waals surface area contributed by atoms with Crippen molar-refractivity contribution in [3.63, 3.8) is 0 Å². The molecule has 0 spiro atoms. The largest absolute Gasteiger partial charge is 0.464 e. The number of carbonyl (C=O) groups is 2. The van der Waals surface area contributed by atoms with Crippen molar-refractivity contribution >= 4 is 23.4 Å². The number of ether oxygens (including phenoxy) is 2. The predicted octanol–water partition coefficient (Wildman–Crippen LogP) is 4.73. The summed E-state index contributed by atoms with van der Waals surface area (Å²) in [6, 6.07) is 12.5. The molecule has 1 heterocycles. The van der Waals surface area contributed by atoms with Gasteiger partial charge in [-0.05, 0) is 51.2 Å². The van der Waals surface area contributed by atoms with Crippen LogP contribution in [0.5, 0.6) is 0 Å². The second kappa shape index (κ2) is 12.0. The van der Waals surface area contributed by atoms with Crippen molar-refractivity contribution in [3.8, 4) is 11.8 Å². The zero-order chi connectivity index (χ0) is 21.8. The Bertz CT molecular complexity index is 881. The molecule has 0 aliphatic heterocycles. The van der Waals surface area contributed by atoms with E-state index < -0.39 is 17.6 Å². The van der Waals surface area contributed by atoms with Gasteiger partial charge in [0.2, 0.25) is 0 Å². The predicted molar refractivity (Wildman–Crippen MR) is 119 cm³/mol. The molecule has 6 heteroatoms. The second-order valence-electron chi connectivity index (χ2n) is 7.11. The number of nitrogens with one attached hydrogen (secondary N) is 1. The normalized spacial score (nSPS) is 12.2. The van der Waals surface area contributed by atoms with Crippen LogP contribution >= 0.6 is 11.3 Å². The molecule has 0 bridgehead atoms. The molecular formula is C24H29NO4S. The number of benzene rings is 1. The van der Waals surface area contributed by atoms with Gasteiger partial charge >= 0.3 is 12.1 Å². The van der Waals surface area contributed by atoms with Crippen LogP contribution in [0.15, 0.2) is 41.8 Å².